The first-order valence-corrected chi connectivity index (χ1v) is 13.1. The van der Waals surface area contributed by atoms with Crippen molar-refractivity contribution < 1.29 is 8.42 Å². The van der Waals surface area contributed by atoms with Crippen LogP contribution in [0, 0.1) is 11.3 Å². The van der Waals surface area contributed by atoms with Crippen LogP contribution in [0.25, 0.3) is 39.0 Å². The van der Waals surface area contributed by atoms with Crippen LogP contribution in [0.4, 0.5) is 5.69 Å². The van der Waals surface area contributed by atoms with Crippen molar-refractivity contribution in [3.63, 3.8) is 0 Å². The summed E-state index contributed by atoms with van der Waals surface area (Å²) < 4.78 is 31.9. The summed E-state index contributed by atoms with van der Waals surface area (Å²) in [7, 11) is -1.56. The van der Waals surface area contributed by atoms with Crippen molar-refractivity contribution in [2.45, 2.75) is 18.1 Å². The lowest BCUT2D eigenvalue weighted by Gasteiger charge is -2.14. The molecule has 0 atom stereocenters. The van der Waals surface area contributed by atoms with Gasteiger partial charge < -0.3 is 0 Å². The molecule has 3 aromatic carbocycles. The fraction of sp³-hybridized carbons (Fsp3) is 0.148. The number of sulfonamides is 1. The van der Waals surface area contributed by atoms with Gasteiger partial charge in [-0.05, 0) is 72.0 Å². The number of nitriles is 1. The molecule has 2 aromatic heterocycles. The van der Waals surface area contributed by atoms with Crippen molar-refractivity contribution in [3.05, 3.63) is 84.9 Å². The summed E-state index contributed by atoms with van der Waals surface area (Å²) in [5.41, 5.74) is 7.30. The normalized spacial score (nSPS) is 13.6. The molecule has 0 bridgehead atoms. The maximum absolute atomic E-state index is 12.7. The maximum atomic E-state index is 12.7. The molecule has 0 amide bonds. The Morgan fingerprint density at radius 2 is 1.75 bits per heavy atom. The second-order valence-corrected chi connectivity index (χ2v) is 11.0. The predicted molar refractivity (Wildman–Crippen MR) is 139 cm³/mol. The molecule has 9 heteroatoms. The quantitative estimate of drug-likeness (QED) is 0.363. The van der Waals surface area contributed by atoms with Crippen molar-refractivity contribution in [1.82, 2.24) is 19.3 Å². The molecule has 1 aliphatic rings. The van der Waals surface area contributed by atoms with Gasteiger partial charge in [0, 0.05) is 24.5 Å². The summed E-state index contributed by atoms with van der Waals surface area (Å²) in [6.07, 6.45) is 6.88. The Hall–Kier alpha value is -4.42. The SMILES string of the molecule is Cn1cc(-c2ccc3c(c2)ncn3-c2cc(NS(=O)(=O)C3CC3)cc(-c3ccc(C#N)cc3)c2)cn1. The maximum Gasteiger partial charge on any atom is 0.235 e. The Morgan fingerprint density at radius 1 is 0.972 bits per heavy atom. The van der Waals surface area contributed by atoms with Crippen molar-refractivity contribution in [2.75, 3.05) is 4.72 Å². The second-order valence-electron chi connectivity index (χ2n) is 9.02. The molecular formula is C27H22N6O2S. The molecule has 0 spiro atoms. The number of anilines is 1. The fourth-order valence-electron chi connectivity index (χ4n) is 4.31. The van der Waals surface area contributed by atoms with E-state index in [4.69, 9.17) is 5.26 Å². The van der Waals surface area contributed by atoms with Crippen molar-refractivity contribution >= 4 is 26.7 Å². The number of benzene rings is 3. The van der Waals surface area contributed by atoms with Crippen molar-refractivity contribution in [2.24, 2.45) is 7.05 Å². The minimum absolute atomic E-state index is 0.334. The zero-order valence-electron chi connectivity index (χ0n) is 19.5. The smallest absolute Gasteiger partial charge is 0.235 e. The molecule has 0 unspecified atom stereocenters. The van der Waals surface area contributed by atoms with Gasteiger partial charge in [0.05, 0.1) is 39.8 Å². The topological polar surface area (TPSA) is 106 Å². The molecule has 5 aromatic rings. The number of rotatable bonds is 6. The summed E-state index contributed by atoms with van der Waals surface area (Å²) in [4.78, 5) is 4.62. The Morgan fingerprint density at radius 3 is 2.44 bits per heavy atom. The standard InChI is InChI=1S/C27H22N6O2S/c1-32-16-22(15-30-32)20-6-9-27-26(12-20)29-17-33(27)24-11-21(19-4-2-18(14-28)3-5-19)10-23(13-24)31-36(34,35)25-7-8-25/h2-6,9-13,15-17,25,31H,7-8H2,1H3. The van der Waals surface area contributed by atoms with Crippen LogP contribution in [-0.2, 0) is 17.1 Å². The fourth-order valence-corrected chi connectivity index (χ4v) is 5.68. The zero-order valence-corrected chi connectivity index (χ0v) is 20.3. The molecule has 0 aliphatic heterocycles. The Kier molecular flexibility index (Phi) is 5.12. The number of imidazole rings is 1. The van der Waals surface area contributed by atoms with E-state index >= 15 is 0 Å². The van der Waals surface area contributed by atoms with Crippen LogP contribution in [0.2, 0.25) is 0 Å². The van der Waals surface area contributed by atoms with Crippen molar-refractivity contribution in [3.8, 4) is 34.0 Å². The third-order valence-electron chi connectivity index (χ3n) is 6.35. The van der Waals surface area contributed by atoms with Gasteiger partial charge in [-0.3, -0.25) is 14.0 Å². The average molecular weight is 495 g/mol. The Balaban J connectivity index is 1.45. The second kappa shape index (κ2) is 8.36. The molecule has 1 aliphatic carbocycles. The third-order valence-corrected chi connectivity index (χ3v) is 8.22. The number of hydrogen-bond donors (Lipinski definition) is 1. The number of aryl methyl sites for hydroxylation is 1. The lowest BCUT2D eigenvalue weighted by molar-refractivity contribution is 0.600. The molecule has 0 radical (unpaired) electrons. The van der Waals surface area contributed by atoms with Crippen LogP contribution in [0.1, 0.15) is 18.4 Å². The molecule has 1 saturated carbocycles. The van der Waals surface area contributed by atoms with Gasteiger partial charge >= 0.3 is 0 Å². The molecule has 2 heterocycles. The van der Waals surface area contributed by atoms with E-state index in [-0.39, 0.29) is 5.25 Å². The van der Waals surface area contributed by atoms with E-state index in [9.17, 15) is 8.42 Å². The highest BCUT2D eigenvalue weighted by molar-refractivity contribution is 7.93. The summed E-state index contributed by atoms with van der Waals surface area (Å²) in [6.45, 7) is 0. The van der Waals surface area contributed by atoms with Gasteiger partial charge in [-0.2, -0.15) is 10.4 Å². The van der Waals surface area contributed by atoms with Crippen LogP contribution < -0.4 is 4.72 Å². The first-order valence-electron chi connectivity index (χ1n) is 11.5. The Bertz CT molecular complexity index is 1760. The number of aromatic nitrogens is 4. The molecule has 8 nitrogen and oxygen atoms in total. The van der Waals surface area contributed by atoms with Gasteiger partial charge in [-0.15, -0.1) is 0 Å². The predicted octanol–water partition coefficient (Wildman–Crippen LogP) is 4.87. The number of fused-ring (bicyclic) bond motifs is 1. The van der Waals surface area contributed by atoms with Crippen LogP contribution in [0.15, 0.2) is 79.4 Å². The lowest BCUT2D eigenvalue weighted by Crippen LogP contribution is -2.17. The van der Waals surface area contributed by atoms with Gasteiger partial charge in [0.15, 0.2) is 0 Å². The summed E-state index contributed by atoms with van der Waals surface area (Å²) in [6, 6.07) is 21.1. The number of nitrogens with zero attached hydrogens (tertiary/aromatic N) is 5. The van der Waals surface area contributed by atoms with E-state index in [1.807, 2.05) is 72.5 Å². The monoisotopic (exact) mass is 494 g/mol. The van der Waals surface area contributed by atoms with Gasteiger partial charge in [0.1, 0.15) is 6.33 Å². The minimum atomic E-state index is -3.44. The highest BCUT2D eigenvalue weighted by atomic mass is 32.2. The van der Waals surface area contributed by atoms with E-state index < -0.39 is 10.0 Å². The van der Waals surface area contributed by atoms with Crippen LogP contribution in [-0.4, -0.2) is 33.0 Å². The molecule has 6 rings (SSSR count). The van der Waals surface area contributed by atoms with Gasteiger partial charge in [-0.1, -0.05) is 18.2 Å². The van der Waals surface area contributed by atoms with E-state index in [0.29, 0.717) is 24.1 Å². The van der Waals surface area contributed by atoms with E-state index in [0.717, 1.165) is 39.0 Å². The largest absolute Gasteiger partial charge is 0.299 e. The third kappa shape index (κ3) is 4.12. The van der Waals surface area contributed by atoms with E-state index in [2.05, 4.69) is 20.9 Å². The van der Waals surface area contributed by atoms with E-state index in [1.54, 1.807) is 23.1 Å². The summed E-state index contributed by atoms with van der Waals surface area (Å²) in [5, 5.41) is 13.1. The van der Waals surface area contributed by atoms with Crippen LogP contribution >= 0.6 is 0 Å². The minimum Gasteiger partial charge on any atom is -0.299 e. The molecule has 178 valence electrons. The first-order chi connectivity index (χ1) is 17.4. The van der Waals surface area contributed by atoms with Gasteiger partial charge in [-0.25, -0.2) is 13.4 Å². The molecule has 1 fully saturated rings. The zero-order chi connectivity index (χ0) is 24.9. The van der Waals surface area contributed by atoms with Gasteiger partial charge in [0.2, 0.25) is 10.0 Å². The van der Waals surface area contributed by atoms with Crippen molar-refractivity contribution in [1.29, 1.82) is 5.26 Å². The summed E-state index contributed by atoms with van der Waals surface area (Å²) >= 11 is 0. The molecule has 36 heavy (non-hydrogen) atoms. The van der Waals surface area contributed by atoms with Gasteiger partial charge in [0.25, 0.3) is 0 Å². The lowest BCUT2D eigenvalue weighted by atomic mass is 10.0. The summed E-state index contributed by atoms with van der Waals surface area (Å²) in [5.74, 6) is 0. The highest BCUT2D eigenvalue weighted by Crippen LogP contribution is 2.33. The first kappa shape index (κ1) is 22.1. The number of nitrogens with one attached hydrogen (secondary N) is 1. The van der Waals surface area contributed by atoms with Crippen LogP contribution in [0.5, 0.6) is 0 Å². The van der Waals surface area contributed by atoms with E-state index in [1.165, 1.54) is 0 Å². The van der Waals surface area contributed by atoms with Crippen LogP contribution in [0.3, 0.4) is 0 Å². The molecule has 0 saturated heterocycles. The molecular weight excluding hydrogens is 472 g/mol. The Labute approximate surface area is 208 Å². The molecule has 1 N–H and O–H groups in total. The number of hydrogen-bond acceptors (Lipinski definition) is 5. The average Bonchev–Trinajstić information content (AvgIpc) is 3.54. The highest BCUT2D eigenvalue weighted by Gasteiger charge is 2.35.